The molecule has 0 bridgehead atoms. The van der Waals surface area contributed by atoms with E-state index in [2.05, 4.69) is 10.3 Å². The van der Waals surface area contributed by atoms with Gasteiger partial charge in [-0.1, -0.05) is 12.1 Å². The van der Waals surface area contributed by atoms with Crippen molar-refractivity contribution in [1.29, 1.82) is 0 Å². The van der Waals surface area contributed by atoms with Crippen molar-refractivity contribution in [2.24, 2.45) is 5.92 Å². The molecule has 1 saturated heterocycles. The van der Waals surface area contributed by atoms with E-state index in [0.29, 0.717) is 26.1 Å². The fraction of sp³-hybridized carbons (Fsp3) is 0.368. The number of carbonyl (C=O) groups is 1. The molecule has 1 aromatic heterocycles. The number of piperazine rings is 1. The van der Waals surface area contributed by atoms with Crippen LogP contribution < -0.4 is 5.32 Å². The molecule has 3 atom stereocenters. The van der Waals surface area contributed by atoms with Crippen molar-refractivity contribution in [1.82, 2.24) is 15.2 Å². The van der Waals surface area contributed by atoms with Gasteiger partial charge in [0.25, 0.3) is 0 Å². The monoisotopic (exact) mass is 343 g/mol. The lowest BCUT2D eigenvalue weighted by atomic mass is 10.0. The van der Waals surface area contributed by atoms with Crippen molar-refractivity contribution in [3.63, 3.8) is 0 Å². The van der Waals surface area contributed by atoms with Gasteiger partial charge in [0, 0.05) is 49.4 Å². The SMILES string of the molecule is O=C(C1CC1c1c(F)cccc1F)N1CCNCC1c1cccnc1. The van der Waals surface area contributed by atoms with E-state index < -0.39 is 11.6 Å². The van der Waals surface area contributed by atoms with Crippen LogP contribution in [0.2, 0.25) is 0 Å². The predicted octanol–water partition coefficient (Wildman–Crippen LogP) is 2.64. The van der Waals surface area contributed by atoms with Gasteiger partial charge in [0.05, 0.1) is 6.04 Å². The number of pyridine rings is 1. The number of amides is 1. The molecule has 0 radical (unpaired) electrons. The number of aromatic nitrogens is 1. The largest absolute Gasteiger partial charge is 0.333 e. The summed E-state index contributed by atoms with van der Waals surface area (Å²) < 4.78 is 28.0. The van der Waals surface area contributed by atoms with Crippen molar-refractivity contribution in [3.8, 4) is 0 Å². The van der Waals surface area contributed by atoms with Gasteiger partial charge < -0.3 is 10.2 Å². The van der Waals surface area contributed by atoms with Gasteiger partial charge in [0.15, 0.2) is 0 Å². The zero-order chi connectivity index (χ0) is 17.4. The number of nitrogens with one attached hydrogen (secondary N) is 1. The third-order valence-corrected chi connectivity index (χ3v) is 5.07. The van der Waals surface area contributed by atoms with E-state index in [-0.39, 0.29) is 29.3 Å². The lowest BCUT2D eigenvalue weighted by molar-refractivity contribution is -0.136. The molecule has 2 aromatic rings. The third-order valence-electron chi connectivity index (χ3n) is 5.07. The number of benzene rings is 1. The Hall–Kier alpha value is -2.34. The minimum absolute atomic E-state index is 0.0250. The first kappa shape index (κ1) is 16.1. The number of rotatable bonds is 3. The second kappa shape index (κ2) is 6.52. The molecule has 1 aromatic carbocycles. The highest BCUT2D eigenvalue weighted by Gasteiger charge is 2.49. The molecule has 4 nitrogen and oxygen atoms in total. The van der Waals surface area contributed by atoms with Crippen LogP contribution in [0.1, 0.15) is 29.5 Å². The van der Waals surface area contributed by atoms with E-state index in [0.717, 1.165) is 5.56 Å². The topological polar surface area (TPSA) is 45.2 Å². The average molecular weight is 343 g/mol. The minimum Gasteiger partial charge on any atom is -0.333 e. The summed E-state index contributed by atoms with van der Waals surface area (Å²) in [7, 11) is 0. The number of halogens is 2. The molecular formula is C19H19F2N3O. The zero-order valence-electron chi connectivity index (χ0n) is 13.7. The van der Waals surface area contributed by atoms with Crippen LogP contribution in [0.25, 0.3) is 0 Å². The van der Waals surface area contributed by atoms with Crippen LogP contribution in [-0.4, -0.2) is 35.4 Å². The molecule has 1 saturated carbocycles. The summed E-state index contributed by atoms with van der Waals surface area (Å²) in [5.41, 5.74) is 1.02. The molecule has 1 N–H and O–H groups in total. The average Bonchev–Trinajstić information content (AvgIpc) is 3.42. The molecule has 6 heteroatoms. The summed E-state index contributed by atoms with van der Waals surface area (Å²) in [6, 6.07) is 7.56. The highest BCUT2D eigenvalue weighted by atomic mass is 19.1. The maximum absolute atomic E-state index is 14.0. The Morgan fingerprint density at radius 3 is 2.72 bits per heavy atom. The van der Waals surface area contributed by atoms with Gasteiger partial charge in [-0.2, -0.15) is 0 Å². The molecule has 1 aliphatic heterocycles. The Morgan fingerprint density at radius 2 is 2.00 bits per heavy atom. The predicted molar refractivity (Wildman–Crippen MR) is 88.8 cm³/mol. The Kier molecular flexibility index (Phi) is 4.21. The van der Waals surface area contributed by atoms with Crippen molar-refractivity contribution in [3.05, 3.63) is 65.5 Å². The lowest BCUT2D eigenvalue weighted by Crippen LogP contribution is -2.49. The van der Waals surface area contributed by atoms with E-state index in [1.807, 2.05) is 17.0 Å². The van der Waals surface area contributed by atoms with Crippen molar-refractivity contribution in [2.75, 3.05) is 19.6 Å². The first-order chi connectivity index (χ1) is 12.2. The van der Waals surface area contributed by atoms with E-state index in [4.69, 9.17) is 0 Å². The highest BCUT2D eigenvalue weighted by Crippen LogP contribution is 2.50. The Bertz CT molecular complexity index is 763. The number of hydrogen-bond donors (Lipinski definition) is 1. The summed E-state index contributed by atoms with van der Waals surface area (Å²) in [6.45, 7) is 1.96. The molecule has 2 heterocycles. The van der Waals surface area contributed by atoms with E-state index >= 15 is 0 Å². The third kappa shape index (κ3) is 3.02. The molecule has 4 rings (SSSR count). The molecule has 3 unspecified atom stereocenters. The Labute approximate surface area is 144 Å². The van der Waals surface area contributed by atoms with Crippen LogP contribution in [0.5, 0.6) is 0 Å². The fourth-order valence-electron chi connectivity index (χ4n) is 3.70. The van der Waals surface area contributed by atoms with Gasteiger partial charge >= 0.3 is 0 Å². The first-order valence-corrected chi connectivity index (χ1v) is 8.52. The molecule has 1 aliphatic carbocycles. The number of carbonyl (C=O) groups excluding carboxylic acids is 1. The van der Waals surface area contributed by atoms with Gasteiger partial charge in [-0.25, -0.2) is 8.78 Å². The lowest BCUT2D eigenvalue weighted by Gasteiger charge is -2.36. The second-order valence-electron chi connectivity index (χ2n) is 6.62. The summed E-state index contributed by atoms with van der Waals surface area (Å²) in [4.78, 5) is 18.9. The molecule has 25 heavy (non-hydrogen) atoms. The second-order valence-corrected chi connectivity index (χ2v) is 6.62. The molecule has 1 amide bonds. The van der Waals surface area contributed by atoms with Crippen molar-refractivity contribution < 1.29 is 13.6 Å². The van der Waals surface area contributed by atoms with Gasteiger partial charge in [-0.05, 0) is 30.2 Å². The van der Waals surface area contributed by atoms with Gasteiger partial charge in [0.2, 0.25) is 5.91 Å². The normalized spacial score (nSPS) is 25.7. The van der Waals surface area contributed by atoms with Crippen LogP contribution >= 0.6 is 0 Å². The molecule has 2 fully saturated rings. The number of hydrogen-bond acceptors (Lipinski definition) is 3. The Balaban J connectivity index is 1.54. The smallest absolute Gasteiger partial charge is 0.226 e. The molecule has 0 spiro atoms. The summed E-state index contributed by atoms with van der Waals surface area (Å²) >= 11 is 0. The van der Waals surface area contributed by atoms with Crippen LogP contribution in [-0.2, 0) is 4.79 Å². The first-order valence-electron chi connectivity index (χ1n) is 8.52. The number of nitrogens with zero attached hydrogens (tertiary/aromatic N) is 2. The molecule has 130 valence electrons. The maximum Gasteiger partial charge on any atom is 0.226 e. The van der Waals surface area contributed by atoms with Gasteiger partial charge in [0.1, 0.15) is 11.6 Å². The summed E-state index contributed by atoms with van der Waals surface area (Å²) in [6.07, 6.45) is 3.96. The van der Waals surface area contributed by atoms with Crippen LogP contribution in [0, 0.1) is 17.6 Å². The van der Waals surface area contributed by atoms with Crippen LogP contribution in [0.15, 0.2) is 42.7 Å². The van der Waals surface area contributed by atoms with Gasteiger partial charge in [-0.15, -0.1) is 0 Å². The van der Waals surface area contributed by atoms with Crippen LogP contribution in [0.4, 0.5) is 8.78 Å². The van der Waals surface area contributed by atoms with Crippen molar-refractivity contribution in [2.45, 2.75) is 18.4 Å². The molecule has 2 aliphatic rings. The van der Waals surface area contributed by atoms with E-state index in [1.165, 1.54) is 18.2 Å². The Morgan fingerprint density at radius 1 is 1.20 bits per heavy atom. The summed E-state index contributed by atoms with van der Waals surface area (Å²) in [5.74, 6) is -1.86. The minimum atomic E-state index is -0.565. The van der Waals surface area contributed by atoms with E-state index in [9.17, 15) is 13.6 Å². The van der Waals surface area contributed by atoms with Crippen molar-refractivity contribution >= 4 is 5.91 Å². The highest BCUT2D eigenvalue weighted by molar-refractivity contribution is 5.83. The van der Waals surface area contributed by atoms with Crippen LogP contribution in [0.3, 0.4) is 0 Å². The molecular weight excluding hydrogens is 324 g/mol. The zero-order valence-corrected chi connectivity index (χ0v) is 13.7. The fourth-order valence-corrected chi connectivity index (χ4v) is 3.70. The maximum atomic E-state index is 14.0. The van der Waals surface area contributed by atoms with E-state index in [1.54, 1.807) is 12.4 Å². The quantitative estimate of drug-likeness (QED) is 0.932. The standard InChI is InChI=1S/C19H19F2N3O/c20-15-4-1-5-16(21)18(15)13-9-14(13)19(25)24-8-7-23-11-17(24)12-3-2-6-22-10-12/h1-6,10,13-14,17,23H,7-9,11H2. The van der Waals surface area contributed by atoms with Gasteiger partial charge in [-0.3, -0.25) is 9.78 Å². The summed E-state index contributed by atoms with van der Waals surface area (Å²) in [5, 5.41) is 3.30.